The molecular weight excluding hydrogens is 352 g/mol. The van der Waals surface area contributed by atoms with Crippen LogP contribution in [0.15, 0.2) is 24.3 Å². The lowest BCUT2D eigenvalue weighted by atomic mass is 9.95. The monoisotopic (exact) mass is 386 g/mol. The standard InChI is InChI=1S/C23H34N2O3/c1-3-19(4-2)22(26)25-15-11-18(12-16-25)17-28-21-9-7-20(8-10-21)23(27)24-13-5-6-14-24/h7-10,18-19H,3-6,11-17H2,1-2H3. The van der Waals surface area contributed by atoms with E-state index in [2.05, 4.69) is 13.8 Å². The molecule has 5 nitrogen and oxygen atoms in total. The van der Waals surface area contributed by atoms with Gasteiger partial charge in [0, 0.05) is 37.7 Å². The highest BCUT2D eigenvalue weighted by atomic mass is 16.5. The molecule has 3 rings (SSSR count). The van der Waals surface area contributed by atoms with Gasteiger partial charge in [0.25, 0.3) is 5.91 Å². The maximum absolute atomic E-state index is 12.5. The third kappa shape index (κ3) is 5.06. The van der Waals surface area contributed by atoms with Gasteiger partial charge in [0.05, 0.1) is 6.61 Å². The van der Waals surface area contributed by atoms with Crippen molar-refractivity contribution < 1.29 is 14.3 Å². The fraction of sp³-hybridized carbons (Fsp3) is 0.652. The zero-order chi connectivity index (χ0) is 19.9. The summed E-state index contributed by atoms with van der Waals surface area (Å²) in [7, 11) is 0. The molecule has 0 spiro atoms. The van der Waals surface area contributed by atoms with Gasteiger partial charge in [0.2, 0.25) is 5.91 Å². The Morgan fingerprint density at radius 2 is 1.57 bits per heavy atom. The summed E-state index contributed by atoms with van der Waals surface area (Å²) in [5.74, 6) is 1.92. The molecule has 1 aromatic carbocycles. The lowest BCUT2D eigenvalue weighted by Gasteiger charge is -2.34. The Hall–Kier alpha value is -2.04. The molecule has 0 saturated carbocycles. The number of likely N-dealkylation sites (tertiary alicyclic amines) is 2. The van der Waals surface area contributed by atoms with Gasteiger partial charge in [-0.3, -0.25) is 9.59 Å². The number of hydrogen-bond donors (Lipinski definition) is 0. The Labute approximate surface area is 169 Å². The van der Waals surface area contributed by atoms with Gasteiger partial charge in [0.15, 0.2) is 0 Å². The second kappa shape index (κ2) is 9.94. The average molecular weight is 387 g/mol. The molecule has 2 aliphatic heterocycles. The predicted molar refractivity (Wildman–Crippen MR) is 110 cm³/mol. The van der Waals surface area contributed by atoms with E-state index in [9.17, 15) is 9.59 Å². The quantitative estimate of drug-likeness (QED) is 0.712. The molecule has 28 heavy (non-hydrogen) atoms. The number of carbonyl (C=O) groups excluding carboxylic acids is 2. The Morgan fingerprint density at radius 3 is 2.14 bits per heavy atom. The highest BCUT2D eigenvalue weighted by Crippen LogP contribution is 2.23. The Kier molecular flexibility index (Phi) is 7.35. The third-order valence-corrected chi connectivity index (χ3v) is 6.24. The van der Waals surface area contributed by atoms with E-state index in [4.69, 9.17) is 4.74 Å². The summed E-state index contributed by atoms with van der Waals surface area (Å²) in [5, 5.41) is 0. The van der Waals surface area contributed by atoms with Gasteiger partial charge in [0.1, 0.15) is 5.75 Å². The molecule has 2 amide bonds. The van der Waals surface area contributed by atoms with Crippen molar-refractivity contribution in [2.24, 2.45) is 11.8 Å². The van der Waals surface area contributed by atoms with Crippen LogP contribution in [0.3, 0.4) is 0 Å². The summed E-state index contributed by atoms with van der Waals surface area (Å²) in [5.41, 5.74) is 0.738. The average Bonchev–Trinajstić information content (AvgIpc) is 3.28. The van der Waals surface area contributed by atoms with Crippen LogP contribution < -0.4 is 4.74 Å². The smallest absolute Gasteiger partial charge is 0.253 e. The number of amides is 2. The third-order valence-electron chi connectivity index (χ3n) is 6.24. The summed E-state index contributed by atoms with van der Waals surface area (Å²) < 4.78 is 5.96. The summed E-state index contributed by atoms with van der Waals surface area (Å²) in [6.07, 6.45) is 6.06. The van der Waals surface area contributed by atoms with Crippen LogP contribution in [0.1, 0.15) is 62.7 Å². The molecule has 5 heteroatoms. The molecule has 0 N–H and O–H groups in total. The van der Waals surface area contributed by atoms with Gasteiger partial charge in [-0.1, -0.05) is 13.8 Å². The summed E-state index contributed by atoms with van der Waals surface area (Å²) in [4.78, 5) is 28.8. The summed E-state index contributed by atoms with van der Waals surface area (Å²) in [6.45, 7) is 8.28. The molecule has 2 saturated heterocycles. The Bertz CT molecular complexity index is 640. The van der Waals surface area contributed by atoms with Crippen LogP contribution in [-0.4, -0.2) is 54.4 Å². The fourth-order valence-electron chi connectivity index (χ4n) is 4.23. The van der Waals surface area contributed by atoms with Crippen LogP contribution in [0.4, 0.5) is 0 Å². The number of hydrogen-bond acceptors (Lipinski definition) is 3. The number of rotatable bonds is 7. The van der Waals surface area contributed by atoms with Crippen molar-refractivity contribution in [3.63, 3.8) is 0 Å². The topological polar surface area (TPSA) is 49.9 Å². The first-order valence-corrected chi connectivity index (χ1v) is 10.9. The van der Waals surface area contributed by atoms with Crippen molar-refractivity contribution in [3.05, 3.63) is 29.8 Å². The fourth-order valence-corrected chi connectivity index (χ4v) is 4.23. The first-order chi connectivity index (χ1) is 13.6. The van der Waals surface area contributed by atoms with Crippen molar-refractivity contribution in [1.29, 1.82) is 0 Å². The lowest BCUT2D eigenvalue weighted by molar-refractivity contribution is -0.137. The number of nitrogens with zero attached hydrogens (tertiary/aromatic N) is 2. The SMILES string of the molecule is CCC(CC)C(=O)N1CCC(COc2ccc(C(=O)N3CCCC3)cc2)CC1. The van der Waals surface area contributed by atoms with Gasteiger partial charge >= 0.3 is 0 Å². The number of ether oxygens (including phenoxy) is 1. The van der Waals surface area contributed by atoms with Crippen molar-refractivity contribution >= 4 is 11.8 Å². The van der Waals surface area contributed by atoms with Gasteiger partial charge in [-0.25, -0.2) is 0 Å². The van der Waals surface area contributed by atoms with E-state index < -0.39 is 0 Å². The van der Waals surface area contributed by atoms with E-state index in [1.54, 1.807) is 0 Å². The lowest BCUT2D eigenvalue weighted by Crippen LogP contribution is -2.42. The number of piperidine rings is 1. The first-order valence-electron chi connectivity index (χ1n) is 10.9. The van der Waals surface area contributed by atoms with Gasteiger partial charge in [-0.05, 0) is 68.7 Å². The molecule has 0 aliphatic carbocycles. The normalized spacial score (nSPS) is 18.0. The second-order valence-corrected chi connectivity index (χ2v) is 8.12. The van der Waals surface area contributed by atoms with E-state index in [1.807, 2.05) is 34.1 Å². The predicted octanol–water partition coefficient (Wildman–Crippen LogP) is 3.98. The minimum atomic E-state index is 0.124. The van der Waals surface area contributed by atoms with Crippen molar-refractivity contribution in [2.75, 3.05) is 32.8 Å². The highest BCUT2D eigenvalue weighted by Gasteiger charge is 2.26. The van der Waals surface area contributed by atoms with Crippen LogP contribution >= 0.6 is 0 Å². The molecule has 1 aromatic rings. The summed E-state index contributed by atoms with van der Waals surface area (Å²) >= 11 is 0. The molecule has 0 radical (unpaired) electrons. The van der Waals surface area contributed by atoms with E-state index in [-0.39, 0.29) is 11.8 Å². The van der Waals surface area contributed by atoms with Crippen LogP contribution in [-0.2, 0) is 4.79 Å². The van der Waals surface area contributed by atoms with Crippen LogP contribution in [0, 0.1) is 11.8 Å². The minimum absolute atomic E-state index is 0.124. The molecule has 0 aromatic heterocycles. The maximum Gasteiger partial charge on any atom is 0.253 e. The first kappa shape index (κ1) is 20.7. The highest BCUT2D eigenvalue weighted by molar-refractivity contribution is 5.94. The molecule has 2 aliphatic rings. The molecule has 0 unspecified atom stereocenters. The largest absolute Gasteiger partial charge is 0.493 e. The molecule has 0 bridgehead atoms. The zero-order valence-electron chi connectivity index (χ0n) is 17.4. The van der Waals surface area contributed by atoms with Crippen LogP contribution in [0.5, 0.6) is 5.75 Å². The van der Waals surface area contributed by atoms with E-state index >= 15 is 0 Å². The van der Waals surface area contributed by atoms with Gasteiger partial charge in [-0.2, -0.15) is 0 Å². The molecule has 154 valence electrons. The van der Waals surface area contributed by atoms with E-state index in [1.165, 1.54) is 0 Å². The Morgan fingerprint density at radius 1 is 0.964 bits per heavy atom. The van der Waals surface area contributed by atoms with Gasteiger partial charge < -0.3 is 14.5 Å². The number of carbonyl (C=O) groups is 2. The minimum Gasteiger partial charge on any atom is -0.493 e. The second-order valence-electron chi connectivity index (χ2n) is 8.12. The summed E-state index contributed by atoms with van der Waals surface area (Å²) in [6, 6.07) is 7.53. The van der Waals surface area contributed by atoms with Crippen molar-refractivity contribution in [2.45, 2.75) is 52.4 Å². The molecule has 0 atom stereocenters. The van der Waals surface area contributed by atoms with Crippen LogP contribution in [0.25, 0.3) is 0 Å². The van der Waals surface area contributed by atoms with E-state index in [0.29, 0.717) is 18.4 Å². The molecule has 2 fully saturated rings. The molecular formula is C23H34N2O3. The molecule has 2 heterocycles. The van der Waals surface area contributed by atoms with Gasteiger partial charge in [-0.15, -0.1) is 0 Å². The van der Waals surface area contributed by atoms with E-state index in [0.717, 1.165) is 76.0 Å². The van der Waals surface area contributed by atoms with Crippen molar-refractivity contribution in [3.8, 4) is 5.75 Å². The zero-order valence-corrected chi connectivity index (χ0v) is 17.4. The van der Waals surface area contributed by atoms with Crippen LogP contribution in [0.2, 0.25) is 0 Å². The Balaban J connectivity index is 1.43. The van der Waals surface area contributed by atoms with Crippen molar-refractivity contribution in [1.82, 2.24) is 9.80 Å². The number of benzene rings is 1. The maximum atomic E-state index is 12.5.